The van der Waals surface area contributed by atoms with E-state index in [1.165, 1.54) is 0 Å². The van der Waals surface area contributed by atoms with E-state index in [1.807, 2.05) is 5.01 Å². The van der Waals surface area contributed by atoms with Gasteiger partial charge in [-0.3, -0.25) is 5.84 Å². The van der Waals surface area contributed by atoms with Crippen molar-refractivity contribution in [3.05, 3.63) is 0 Å². The lowest BCUT2D eigenvalue weighted by atomic mass is 9.90. The van der Waals surface area contributed by atoms with Gasteiger partial charge in [0.05, 0.1) is 12.2 Å². The fourth-order valence-corrected chi connectivity index (χ4v) is 2.27. The molecule has 4 nitrogen and oxygen atoms in total. The van der Waals surface area contributed by atoms with Crippen LogP contribution in [0.25, 0.3) is 0 Å². The normalized spacial score (nSPS) is 30.9. The molecule has 4 heteroatoms. The average Bonchev–Trinajstić information content (AvgIpc) is 2.11. The van der Waals surface area contributed by atoms with Gasteiger partial charge in [0.2, 0.25) is 0 Å². The molecule has 2 aliphatic heterocycles. The summed E-state index contributed by atoms with van der Waals surface area (Å²) in [6.45, 7) is 4.94. The van der Waals surface area contributed by atoms with Crippen molar-refractivity contribution in [2.75, 3.05) is 39.8 Å². The molecule has 0 aliphatic carbocycles. The molecule has 1 spiro atoms. The van der Waals surface area contributed by atoms with Crippen molar-refractivity contribution in [1.29, 1.82) is 0 Å². The van der Waals surface area contributed by atoms with E-state index in [4.69, 9.17) is 10.6 Å². The van der Waals surface area contributed by atoms with Crippen molar-refractivity contribution in [2.45, 2.75) is 18.4 Å². The predicted molar refractivity (Wildman–Crippen MR) is 51.2 cm³/mol. The Morgan fingerprint density at radius 2 is 1.92 bits per heavy atom. The molecule has 0 bridgehead atoms. The molecule has 0 aromatic carbocycles. The van der Waals surface area contributed by atoms with E-state index in [-0.39, 0.29) is 5.60 Å². The molecule has 76 valence electrons. The van der Waals surface area contributed by atoms with Gasteiger partial charge >= 0.3 is 0 Å². The van der Waals surface area contributed by atoms with Crippen LogP contribution < -0.4 is 5.84 Å². The van der Waals surface area contributed by atoms with Gasteiger partial charge in [-0.25, -0.2) is 5.01 Å². The van der Waals surface area contributed by atoms with Gasteiger partial charge in [-0.1, -0.05) is 0 Å². The lowest BCUT2D eigenvalue weighted by Crippen LogP contribution is -2.56. The number of ether oxygens (including phenoxy) is 1. The molecule has 2 rings (SSSR count). The van der Waals surface area contributed by atoms with Crippen molar-refractivity contribution < 1.29 is 4.74 Å². The van der Waals surface area contributed by atoms with E-state index in [0.29, 0.717) is 0 Å². The summed E-state index contributed by atoms with van der Waals surface area (Å²) in [5, 5.41) is 1.89. The van der Waals surface area contributed by atoms with Gasteiger partial charge in [0.1, 0.15) is 0 Å². The lowest BCUT2D eigenvalue weighted by Gasteiger charge is -2.45. The summed E-state index contributed by atoms with van der Waals surface area (Å²) in [5.41, 5.74) is 0.114. The van der Waals surface area contributed by atoms with Crippen LogP contribution in [0.1, 0.15) is 12.8 Å². The second-order valence-electron chi connectivity index (χ2n) is 4.31. The molecule has 0 atom stereocenters. The third-order valence-electron chi connectivity index (χ3n) is 3.15. The maximum absolute atomic E-state index is 5.90. The molecule has 2 fully saturated rings. The second kappa shape index (κ2) is 3.53. The standard InChI is InChI=1S/C9H19N3O/c1-11-6-7-13-9(8-11)2-4-12(10)5-3-9/h2-8,10H2,1H3. The van der Waals surface area contributed by atoms with E-state index in [1.54, 1.807) is 0 Å². The molecule has 13 heavy (non-hydrogen) atoms. The van der Waals surface area contributed by atoms with Gasteiger partial charge < -0.3 is 9.64 Å². The van der Waals surface area contributed by atoms with Crippen molar-refractivity contribution in [1.82, 2.24) is 9.91 Å². The number of nitrogens with zero attached hydrogens (tertiary/aromatic N) is 2. The van der Waals surface area contributed by atoms with Crippen LogP contribution in [0.3, 0.4) is 0 Å². The minimum absolute atomic E-state index is 0.114. The highest BCUT2D eigenvalue weighted by atomic mass is 16.5. The number of likely N-dealkylation sites (N-methyl/N-ethyl adjacent to an activating group) is 1. The van der Waals surface area contributed by atoms with Crippen LogP contribution in [0.2, 0.25) is 0 Å². The maximum atomic E-state index is 5.90. The van der Waals surface area contributed by atoms with Gasteiger partial charge in [0.25, 0.3) is 0 Å². The predicted octanol–water partition coefficient (Wildman–Crippen LogP) is -0.343. The van der Waals surface area contributed by atoms with Crippen LogP contribution in [-0.2, 0) is 4.74 Å². The number of hydrogen-bond acceptors (Lipinski definition) is 4. The second-order valence-corrected chi connectivity index (χ2v) is 4.31. The lowest BCUT2D eigenvalue weighted by molar-refractivity contribution is -0.131. The van der Waals surface area contributed by atoms with Gasteiger partial charge in [-0.2, -0.15) is 0 Å². The highest BCUT2D eigenvalue weighted by Crippen LogP contribution is 2.28. The van der Waals surface area contributed by atoms with Crippen LogP contribution >= 0.6 is 0 Å². The Hall–Kier alpha value is -0.160. The Labute approximate surface area is 79.6 Å². The number of hydrazine groups is 1. The number of hydrogen-bond donors (Lipinski definition) is 1. The fraction of sp³-hybridized carbons (Fsp3) is 1.00. The Balaban J connectivity index is 1.95. The third-order valence-corrected chi connectivity index (χ3v) is 3.15. The first-order chi connectivity index (χ1) is 6.20. The Kier molecular flexibility index (Phi) is 2.55. The largest absolute Gasteiger partial charge is 0.372 e. The van der Waals surface area contributed by atoms with Gasteiger partial charge in [0.15, 0.2) is 0 Å². The molecule has 0 aromatic rings. The van der Waals surface area contributed by atoms with Crippen LogP contribution in [0.4, 0.5) is 0 Å². The number of nitrogens with two attached hydrogens (primary N) is 1. The molecule has 0 aromatic heterocycles. The van der Waals surface area contributed by atoms with Crippen molar-refractivity contribution in [2.24, 2.45) is 5.84 Å². The molecule has 2 saturated heterocycles. The van der Waals surface area contributed by atoms with Crippen LogP contribution in [0.15, 0.2) is 0 Å². The highest BCUT2D eigenvalue weighted by molar-refractivity contribution is 4.91. The fourth-order valence-electron chi connectivity index (χ4n) is 2.27. The quantitative estimate of drug-likeness (QED) is 0.524. The topological polar surface area (TPSA) is 41.7 Å². The summed E-state index contributed by atoms with van der Waals surface area (Å²) in [5.74, 6) is 5.72. The zero-order valence-electron chi connectivity index (χ0n) is 8.33. The molecule has 2 aliphatic rings. The summed E-state index contributed by atoms with van der Waals surface area (Å²) in [4.78, 5) is 2.36. The van der Waals surface area contributed by atoms with E-state index in [9.17, 15) is 0 Å². The molecular weight excluding hydrogens is 166 g/mol. The molecular formula is C9H19N3O. The summed E-state index contributed by atoms with van der Waals surface area (Å²) in [6, 6.07) is 0. The Morgan fingerprint density at radius 3 is 2.54 bits per heavy atom. The molecule has 0 amide bonds. The van der Waals surface area contributed by atoms with E-state index in [2.05, 4.69) is 11.9 Å². The Bertz CT molecular complexity index is 178. The summed E-state index contributed by atoms with van der Waals surface area (Å²) < 4.78 is 5.90. The monoisotopic (exact) mass is 185 g/mol. The van der Waals surface area contributed by atoms with Crippen molar-refractivity contribution in [3.63, 3.8) is 0 Å². The number of rotatable bonds is 0. The summed E-state index contributed by atoms with van der Waals surface area (Å²) in [6.07, 6.45) is 2.15. The van der Waals surface area contributed by atoms with Crippen molar-refractivity contribution >= 4 is 0 Å². The molecule has 2 N–H and O–H groups in total. The minimum atomic E-state index is 0.114. The average molecular weight is 185 g/mol. The van der Waals surface area contributed by atoms with Gasteiger partial charge in [-0.05, 0) is 19.9 Å². The van der Waals surface area contributed by atoms with Gasteiger partial charge in [0, 0.05) is 26.2 Å². The SMILES string of the molecule is CN1CCOC2(CCN(N)CC2)C1. The summed E-state index contributed by atoms with van der Waals surface area (Å²) >= 11 is 0. The van der Waals surface area contributed by atoms with E-state index in [0.717, 1.165) is 45.6 Å². The molecule has 0 radical (unpaired) electrons. The third kappa shape index (κ3) is 2.02. The summed E-state index contributed by atoms with van der Waals surface area (Å²) in [7, 11) is 2.17. The highest BCUT2D eigenvalue weighted by Gasteiger charge is 2.37. The van der Waals surface area contributed by atoms with Crippen LogP contribution in [0, 0.1) is 0 Å². The molecule has 0 saturated carbocycles. The van der Waals surface area contributed by atoms with E-state index >= 15 is 0 Å². The Morgan fingerprint density at radius 1 is 1.23 bits per heavy atom. The zero-order chi connectivity index (χ0) is 9.31. The van der Waals surface area contributed by atoms with Crippen LogP contribution in [-0.4, -0.2) is 55.3 Å². The van der Waals surface area contributed by atoms with Crippen molar-refractivity contribution in [3.8, 4) is 0 Å². The minimum Gasteiger partial charge on any atom is -0.372 e. The van der Waals surface area contributed by atoms with E-state index < -0.39 is 0 Å². The first-order valence-corrected chi connectivity index (χ1v) is 5.02. The zero-order valence-corrected chi connectivity index (χ0v) is 8.33. The molecule has 0 unspecified atom stereocenters. The number of piperidine rings is 1. The van der Waals surface area contributed by atoms with Crippen LogP contribution in [0.5, 0.6) is 0 Å². The number of morpholine rings is 1. The first kappa shape index (κ1) is 9.40. The molecule has 2 heterocycles. The first-order valence-electron chi connectivity index (χ1n) is 5.02. The maximum Gasteiger partial charge on any atom is 0.0834 e. The van der Waals surface area contributed by atoms with Gasteiger partial charge in [-0.15, -0.1) is 0 Å². The smallest absolute Gasteiger partial charge is 0.0834 e.